The van der Waals surface area contributed by atoms with Crippen LogP contribution in [0.4, 0.5) is 8.78 Å². The minimum absolute atomic E-state index is 0.123. The molecule has 4 nitrogen and oxygen atoms in total. The van der Waals surface area contributed by atoms with Gasteiger partial charge in [-0.25, -0.2) is 13.8 Å². The second-order valence-corrected chi connectivity index (χ2v) is 9.49. The molecule has 0 spiro atoms. The molecule has 1 heterocycles. The van der Waals surface area contributed by atoms with E-state index in [0.717, 1.165) is 29.5 Å². The van der Waals surface area contributed by atoms with E-state index in [2.05, 4.69) is 51.2 Å². The van der Waals surface area contributed by atoms with Gasteiger partial charge in [-0.05, 0) is 55.0 Å². The highest BCUT2D eigenvalue weighted by atomic mass is 35.5. The number of methoxy groups -OCH3 is 1. The van der Waals surface area contributed by atoms with Crippen LogP contribution in [0.25, 0.3) is 5.57 Å². The fourth-order valence-corrected chi connectivity index (χ4v) is 2.69. The minimum atomic E-state index is -2.63. The largest absolute Gasteiger partial charge is 0.490 e. The Balaban J connectivity index is 0. The molecule has 0 aliphatic heterocycles. The van der Waals surface area contributed by atoms with Crippen LogP contribution in [0.3, 0.4) is 0 Å². The van der Waals surface area contributed by atoms with Crippen molar-refractivity contribution in [2.75, 3.05) is 7.11 Å². The molecule has 2 rings (SSSR count). The van der Waals surface area contributed by atoms with Crippen molar-refractivity contribution in [2.45, 2.75) is 101 Å². The molecule has 0 aliphatic carbocycles. The quantitative estimate of drug-likeness (QED) is 0.228. The first-order chi connectivity index (χ1) is 17.8. The highest BCUT2D eigenvalue weighted by molar-refractivity contribution is 6.28. The van der Waals surface area contributed by atoms with Crippen LogP contribution >= 0.6 is 11.6 Å². The van der Waals surface area contributed by atoms with Gasteiger partial charge in [0, 0.05) is 6.92 Å². The van der Waals surface area contributed by atoms with E-state index in [-0.39, 0.29) is 10.9 Å². The van der Waals surface area contributed by atoms with Gasteiger partial charge in [0.05, 0.1) is 13.3 Å². The molecule has 0 amide bonds. The Kier molecular flexibility index (Phi) is 21.3. The van der Waals surface area contributed by atoms with Gasteiger partial charge in [-0.2, -0.15) is 4.98 Å². The average Bonchev–Trinajstić information content (AvgIpc) is 2.88. The molecule has 0 radical (unpaired) electrons. The zero-order chi connectivity index (χ0) is 29.7. The molecule has 2 aromatic rings. The molecule has 0 fully saturated rings. The number of aromatic nitrogens is 2. The van der Waals surface area contributed by atoms with Gasteiger partial charge in [-0.3, -0.25) is 0 Å². The number of nitrogens with zero attached hydrogens (tertiary/aromatic N) is 2. The highest BCUT2D eigenvalue weighted by Crippen LogP contribution is 2.25. The third kappa shape index (κ3) is 17.9. The summed E-state index contributed by atoms with van der Waals surface area (Å²) in [6.45, 7) is 21.2. The number of hydrogen-bond donors (Lipinski definition) is 0. The fourth-order valence-electron chi connectivity index (χ4n) is 2.57. The summed E-state index contributed by atoms with van der Waals surface area (Å²) >= 11 is 5.74. The molecule has 0 saturated carbocycles. The van der Waals surface area contributed by atoms with E-state index in [1.165, 1.54) is 52.0 Å². The molecule has 216 valence electrons. The maximum atomic E-state index is 12.0. The summed E-state index contributed by atoms with van der Waals surface area (Å²) in [7, 11) is 1.53. The summed E-state index contributed by atoms with van der Waals surface area (Å²) in [6, 6.07) is 7.98. The number of hydrogen-bond acceptors (Lipinski definition) is 4. The normalized spacial score (nSPS) is 11.4. The van der Waals surface area contributed by atoms with Crippen LogP contribution in [0.1, 0.15) is 99.1 Å². The Morgan fingerprint density at radius 2 is 1.68 bits per heavy atom. The molecule has 0 saturated heterocycles. The van der Waals surface area contributed by atoms with Crippen molar-refractivity contribution in [1.29, 1.82) is 0 Å². The summed E-state index contributed by atoms with van der Waals surface area (Å²) in [5.74, 6) is -0.899. The van der Waals surface area contributed by atoms with Crippen LogP contribution in [0.5, 0.6) is 11.6 Å². The molecule has 1 aromatic carbocycles. The van der Waals surface area contributed by atoms with Crippen LogP contribution in [-0.4, -0.2) is 23.0 Å². The van der Waals surface area contributed by atoms with E-state index in [1.54, 1.807) is 6.92 Å². The predicted molar refractivity (Wildman–Crippen MR) is 159 cm³/mol. The maximum absolute atomic E-state index is 12.0. The first kappa shape index (κ1) is 37.7. The lowest BCUT2D eigenvalue weighted by atomic mass is 10.0. The Labute approximate surface area is 235 Å². The van der Waals surface area contributed by atoms with Crippen LogP contribution in [0, 0.1) is 5.92 Å². The van der Waals surface area contributed by atoms with E-state index in [9.17, 15) is 8.78 Å². The van der Waals surface area contributed by atoms with E-state index in [1.807, 2.05) is 31.2 Å². The summed E-state index contributed by atoms with van der Waals surface area (Å²) < 4.78 is 34.8. The number of ether oxygens (including phenoxy) is 2. The predicted octanol–water partition coefficient (Wildman–Crippen LogP) is 10.6. The van der Waals surface area contributed by atoms with Crippen LogP contribution < -0.4 is 9.47 Å². The molecule has 0 N–H and O–H groups in total. The summed E-state index contributed by atoms with van der Waals surface area (Å²) in [6.07, 6.45) is 8.23. The number of allylic oxidation sites excluding steroid dienone is 3. The van der Waals surface area contributed by atoms with Crippen LogP contribution in [0.15, 0.2) is 48.7 Å². The number of alkyl halides is 2. The third-order valence-electron chi connectivity index (χ3n) is 5.34. The summed E-state index contributed by atoms with van der Waals surface area (Å²) in [4.78, 5) is 7.83. The molecule has 38 heavy (non-hydrogen) atoms. The first-order valence-corrected chi connectivity index (χ1v) is 13.6. The Morgan fingerprint density at radius 1 is 1.13 bits per heavy atom. The Bertz CT molecular complexity index is 926. The van der Waals surface area contributed by atoms with Crippen molar-refractivity contribution >= 4 is 17.2 Å². The van der Waals surface area contributed by atoms with E-state index >= 15 is 0 Å². The van der Waals surface area contributed by atoms with Crippen molar-refractivity contribution in [3.8, 4) is 11.6 Å². The van der Waals surface area contributed by atoms with Gasteiger partial charge in [0.2, 0.25) is 5.28 Å². The van der Waals surface area contributed by atoms with Gasteiger partial charge in [-0.1, -0.05) is 103 Å². The topological polar surface area (TPSA) is 44.2 Å². The zero-order valence-corrected chi connectivity index (χ0v) is 25.9. The van der Waals surface area contributed by atoms with Gasteiger partial charge in [0.1, 0.15) is 6.61 Å². The molecule has 0 bridgehead atoms. The molecule has 1 atom stereocenters. The first-order valence-electron chi connectivity index (χ1n) is 13.3. The smallest absolute Gasteiger partial charge is 0.266 e. The van der Waals surface area contributed by atoms with Crippen LogP contribution in [0.2, 0.25) is 5.28 Å². The highest BCUT2D eigenvalue weighted by Gasteiger charge is 2.22. The monoisotopic (exact) mass is 554 g/mol. The summed E-state index contributed by atoms with van der Waals surface area (Å²) in [5, 5.41) is 0.124. The molecular weight excluding hydrogens is 506 g/mol. The molecule has 1 aromatic heterocycles. The fraction of sp³-hybridized carbons (Fsp3) is 0.548. The van der Waals surface area contributed by atoms with Gasteiger partial charge in [-0.15, -0.1) is 0 Å². The standard InChI is InChI=1S/C15H15ClN2O2.C7H16.C6H10F2.C3H8/c1-10(2)12-6-4-11(5-7-12)9-20-14-13(19-3)8-17-15(16)18-14;1-4-6-7(3)5-2;1-4-5(2)6(3,7)8;1-3-2/h4-8H,1,9H2,2-3H3;7H,4-6H2,1-3H3;4H,1-3H3;3H2,1-2H3/b;;5-4+;. The average molecular weight is 555 g/mol. The molecule has 1 unspecified atom stereocenters. The second-order valence-electron chi connectivity index (χ2n) is 9.15. The van der Waals surface area contributed by atoms with E-state index in [0.29, 0.717) is 18.2 Å². The number of benzene rings is 1. The minimum Gasteiger partial charge on any atom is -0.490 e. The zero-order valence-electron chi connectivity index (χ0n) is 25.1. The molecule has 7 heteroatoms. The Hall–Kier alpha value is -2.47. The summed E-state index contributed by atoms with van der Waals surface area (Å²) in [5.41, 5.74) is 3.28. The maximum Gasteiger partial charge on any atom is 0.266 e. The van der Waals surface area contributed by atoms with Gasteiger partial charge < -0.3 is 9.47 Å². The second kappa shape index (κ2) is 21.5. The lowest BCUT2D eigenvalue weighted by molar-refractivity contribution is 0.0633. The van der Waals surface area contributed by atoms with Crippen molar-refractivity contribution in [1.82, 2.24) is 9.97 Å². The van der Waals surface area contributed by atoms with Gasteiger partial charge in [0.25, 0.3) is 11.8 Å². The SMILES string of the molecule is C/C=C(\C)C(C)(F)F.C=C(C)c1ccc(COc2nc(Cl)ncc2OC)cc1.CCC.CCCC(C)CC. The molecule has 0 aliphatic rings. The van der Waals surface area contributed by atoms with Crippen molar-refractivity contribution in [3.63, 3.8) is 0 Å². The lowest BCUT2D eigenvalue weighted by Gasteiger charge is -2.09. The molecular formula is C31H49ClF2N2O2. The van der Waals surface area contributed by atoms with Crippen molar-refractivity contribution in [3.05, 3.63) is 65.1 Å². The number of rotatable bonds is 9. The lowest BCUT2D eigenvalue weighted by Crippen LogP contribution is -2.10. The van der Waals surface area contributed by atoms with E-state index < -0.39 is 5.92 Å². The van der Waals surface area contributed by atoms with Crippen molar-refractivity contribution < 1.29 is 18.3 Å². The van der Waals surface area contributed by atoms with E-state index in [4.69, 9.17) is 21.1 Å². The van der Waals surface area contributed by atoms with Gasteiger partial charge >= 0.3 is 0 Å². The van der Waals surface area contributed by atoms with Crippen LogP contribution in [-0.2, 0) is 6.61 Å². The van der Waals surface area contributed by atoms with Gasteiger partial charge in [0.15, 0.2) is 5.75 Å². The van der Waals surface area contributed by atoms with Crippen molar-refractivity contribution in [2.24, 2.45) is 5.92 Å². The Morgan fingerprint density at radius 3 is 2.03 bits per heavy atom. The number of halogens is 3. The third-order valence-corrected chi connectivity index (χ3v) is 5.52.